The van der Waals surface area contributed by atoms with Gasteiger partial charge in [-0.15, -0.1) is 0 Å². The number of pyridine rings is 1. The van der Waals surface area contributed by atoms with Gasteiger partial charge in [0.05, 0.1) is 12.7 Å². The lowest BCUT2D eigenvalue weighted by molar-refractivity contribution is 0.0603. The van der Waals surface area contributed by atoms with Crippen molar-refractivity contribution in [3.8, 4) is 0 Å². The van der Waals surface area contributed by atoms with Crippen molar-refractivity contribution in [3.05, 3.63) is 35.0 Å². The second-order valence-electron chi connectivity index (χ2n) is 4.19. The normalized spacial score (nSPS) is 10.2. The van der Waals surface area contributed by atoms with Gasteiger partial charge < -0.3 is 10.1 Å². The first-order valence-corrected chi connectivity index (χ1v) is 6.66. The van der Waals surface area contributed by atoms with Crippen LogP contribution in [0.3, 0.4) is 0 Å². The number of esters is 1. The van der Waals surface area contributed by atoms with Gasteiger partial charge >= 0.3 is 12.0 Å². The molecule has 0 aliphatic rings. The maximum Gasteiger partial charge on any atom is 0.338 e. The first kappa shape index (κ1) is 15.1. The van der Waals surface area contributed by atoms with Crippen LogP contribution in [0.4, 0.5) is 10.6 Å². The number of halogens is 1. The molecule has 0 saturated heterocycles. The number of aromatic nitrogens is 1. The first-order valence-electron chi connectivity index (χ1n) is 6.28. The Labute approximate surface area is 126 Å². The number of methoxy groups -OCH3 is 1. The topological polar surface area (TPSA) is 80.3 Å². The minimum Gasteiger partial charge on any atom is -0.465 e. The average molecular weight is 308 g/mol. The van der Waals surface area contributed by atoms with Gasteiger partial charge in [0, 0.05) is 28.5 Å². The fourth-order valence-electron chi connectivity index (χ4n) is 1.88. The molecule has 2 rings (SSSR count). The number of hydrogen-bond acceptors (Lipinski definition) is 4. The molecule has 0 aliphatic heterocycles. The summed E-state index contributed by atoms with van der Waals surface area (Å²) in [6.45, 7) is 2.32. The van der Waals surface area contributed by atoms with E-state index < -0.39 is 5.97 Å². The van der Waals surface area contributed by atoms with E-state index in [4.69, 9.17) is 16.3 Å². The lowest BCUT2D eigenvalue weighted by Gasteiger charge is -2.09. The van der Waals surface area contributed by atoms with Crippen LogP contribution in [0.5, 0.6) is 0 Å². The molecule has 0 saturated carbocycles. The smallest absolute Gasteiger partial charge is 0.338 e. The van der Waals surface area contributed by atoms with E-state index in [0.717, 1.165) is 0 Å². The molecule has 0 bridgehead atoms. The van der Waals surface area contributed by atoms with Crippen LogP contribution in [-0.4, -0.2) is 30.6 Å². The third-order valence-corrected chi connectivity index (χ3v) is 3.16. The molecule has 21 heavy (non-hydrogen) atoms. The number of hydrogen-bond donors (Lipinski definition) is 2. The molecule has 2 N–H and O–H groups in total. The van der Waals surface area contributed by atoms with Crippen molar-refractivity contribution in [1.82, 2.24) is 10.3 Å². The van der Waals surface area contributed by atoms with Gasteiger partial charge in [-0.25, -0.2) is 14.6 Å². The van der Waals surface area contributed by atoms with Gasteiger partial charge in [-0.2, -0.15) is 0 Å². The minimum atomic E-state index is -0.470. The standard InChI is InChI=1S/C14H14ClN3O3/c1-3-16-14(20)18-12-6-9-10(7-17-12)8(13(19)21-2)4-5-11(9)15/h4-7H,3H2,1-2H3,(H2,16,17,18,20). The van der Waals surface area contributed by atoms with Crippen LogP contribution in [-0.2, 0) is 4.74 Å². The Morgan fingerprint density at radius 2 is 2.10 bits per heavy atom. The Bertz CT molecular complexity index is 703. The van der Waals surface area contributed by atoms with Crippen LogP contribution in [0, 0.1) is 0 Å². The van der Waals surface area contributed by atoms with Crippen molar-refractivity contribution < 1.29 is 14.3 Å². The van der Waals surface area contributed by atoms with Crippen molar-refractivity contribution in [2.75, 3.05) is 19.0 Å². The lowest BCUT2D eigenvalue weighted by Crippen LogP contribution is -2.28. The maximum absolute atomic E-state index is 11.7. The minimum absolute atomic E-state index is 0.345. The van der Waals surface area contributed by atoms with Gasteiger partial charge in [-0.1, -0.05) is 11.6 Å². The molecule has 0 atom stereocenters. The Hall–Kier alpha value is -2.34. The van der Waals surface area contributed by atoms with Crippen molar-refractivity contribution >= 4 is 40.2 Å². The monoisotopic (exact) mass is 307 g/mol. The molecule has 6 nitrogen and oxygen atoms in total. The van der Waals surface area contributed by atoms with E-state index in [1.807, 2.05) is 6.92 Å². The first-order chi connectivity index (χ1) is 10.1. The number of anilines is 1. The molecule has 0 radical (unpaired) electrons. The molecule has 2 aromatic rings. The molecule has 110 valence electrons. The molecule has 1 aromatic heterocycles. The van der Waals surface area contributed by atoms with Crippen molar-refractivity contribution in [3.63, 3.8) is 0 Å². The zero-order valence-electron chi connectivity index (χ0n) is 11.6. The highest BCUT2D eigenvalue weighted by Gasteiger charge is 2.13. The fourth-order valence-corrected chi connectivity index (χ4v) is 2.10. The van der Waals surface area contributed by atoms with Crippen LogP contribution < -0.4 is 10.6 Å². The van der Waals surface area contributed by atoms with Crippen molar-refractivity contribution in [2.45, 2.75) is 6.92 Å². The maximum atomic E-state index is 11.7. The van der Waals surface area contributed by atoms with Gasteiger partial charge in [0.1, 0.15) is 5.82 Å². The molecule has 0 aliphatic carbocycles. The third-order valence-electron chi connectivity index (χ3n) is 2.83. The summed E-state index contributed by atoms with van der Waals surface area (Å²) in [5.74, 6) is -0.125. The Kier molecular flexibility index (Phi) is 4.59. The Morgan fingerprint density at radius 3 is 2.76 bits per heavy atom. The summed E-state index contributed by atoms with van der Waals surface area (Å²) in [4.78, 5) is 27.3. The van der Waals surface area contributed by atoms with E-state index in [9.17, 15) is 9.59 Å². The summed E-state index contributed by atoms with van der Waals surface area (Å²) < 4.78 is 4.72. The number of amides is 2. The predicted molar refractivity (Wildman–Crippen MR) is 80.8 cm³/mol. The SMILES string of the molecule is CCNC(=O)Nc1cc2c(Cl)ccc(C(=O)OC)c2cn1. The quantitative estimate of drug-likeness (QED) is 0.854. The van der Waals surface area contributed by atoms with Crippen molar-refractivity contribution in [1.29, 1.82) is 0 Å². The van der Waals surface area contributed by atoms with E-state index in [0.29, 0.717) is 33.7 Å². The number of ether oxygens (including phenoxy) is 1. The number of nitrogens with one attached hydrogen (secondary N) is 2. The molecule has 0 unspecified atom stereocenters. The van der Waals surface area contributed by atoms with E-state index in [1.165, 1.54) is 13.3 Å². The molecule has 2 amide bonds. The number of carbonyl (C=O) groups is 2. The third kappa shape index (κ3) is 3.22. The summed E-state index contributed by atoms with van der Waals surface area (Å²) in [5.41, 5.74) is 0.369. The fraction of sp³-hybridized carbons (Fsp3) is 0.214. The van der Waals surface area contributed by atoms with Crippen LogP contribution >= 0.6 is 11.6 Å². The summed E-state index contributed by atoms with van der Waals surface area (Å²) in [6.07, 6.45) is 1.48. The van der Waals surface area contributed by atoms with Crippen LogP contribution in [0.15, 0.2) is 24.4 Å². The predicted octanol–water partition coefficient (Wildman–Crippen LogP) is 2.82. The summed E-state index contributed by atoms with van der Waals surface area (Å²) >= 11 is 6.14. The second kappa shape index (κ2) is 6.41. The zero-order valence-corrected chi connectivity index (χ0v) is 12.3. The number of fused-ring (bicyclic) bond motifs is 1. The summed E-state index contributed by atoms with van der Waals surface area (Å²) in [7, 11) is 1.31. The largest absolute Gasteiger partial charge is 0.465 e. The molecule has 1 aromatic carbocycles. The van der Waals surface area contributed by atoms with Gasteiger partial charge in [-0.3, -0.25) is 5.32 Å². The number of carbonyl (C=O) groups excluding carboxylic acids is 2. The summed E-state index contributed by atoms with van der Waals surface area (Å²) in [6, 6.07) is 4.44. The number of rotatable bonds is 3. The highest BCUT2D eigenvalue weighted by molar-refractivity contribution is 6.36. The highest BCUT2D eigenvalue weighted by atomic mass is 35.5. The highest BCUT2D eigenvalue weighted by Crippen LogP contribution is 2.28. The molecular formula is C14H14ClN3O3. The van der Waals surface area contributed by atoms with Crippen molar-refractivity contribution in [2.24, 2.45) is 0 Å². The molecule has 0 fully saturated rings. The van der Waals surface area contributed by atoms with E-state index in [2.05, 4.69) is 15.6 Å². The number of nitrogens with zero attached hydrogens (tertiary/aromatic N) is 1. The van der Waals surface area contributed by atoms with Gasteiger partial charge in [0.15, 0.2) is 0 Å². The molecular weight excluding hydrogens is 294 g/mol. The zero-order chi connectivity index (χ0) is 15.4. The Balaban J connectivity index is 2.45. The van der Waals surface area contributed by atoms with Gasteiger partial charge in [0.25, 0.3) is 0 Å². The van der Waals surface area contributed by atoms with Gasteiger partial charge in [-0.05, 0) is 25.1 Å². The van der Waals surface area contributed by atoms with Gasteiger partial charge in [0.2, 0.25) is 0 Å². The van der Waals surface area contributed by atoms with E-state index in [-0.39, 0.29) is 6.03 Å². The molecule has 1 heterocycles. The molecule has 0 spiro atoms. The van der Waals surface area contributed by atoms with Crippen LogP contribution in [0.1, 0.15) is 17.3 Å². The van der Waals surface area contributed by atoms with E-state index in [1.54, 1.807) is 18.2 Å². The second-order valence-corrected chi connectivity index (χ2v) is 4.59. The summed E-state index contributed by atoms with van der Waals surface area (Å²) in [5, 5.41) is 6.82. The van der Waals surface area contributed by atoms with E-state index >= 15 is 0 Å². The number of urea groups is 1. The Morgan fingerprint density at radius 1 is 1.33 bits per heavy atom. The van der Waals surface area contributed by atoms with Crippen LogP contribution in [0.25, 0.3) is 10.8 Å². The van der Waals surface area contributed by atoms with Crippen LogP contribution in [0.2, 0.25) is 5.02 Å². The molecule has 7 heteroatoms. The number of benzene rings is 1. The lowest BCUT2D eigenvalue weighted by atomic mass is 10.1. The average Bonchev–Trinajstić information content (AvgIpc) is 2.47.